The van der Waals surface area contributed by atoms with Crippen molar-refractivity contribution < 1.29 is 18.7 Å². The second-order valence-electron chi connectivity index (χ2n) is 4.32. The Morgan fingerprint density at radius 2 is 2.05 bits per heavy atom. The summed E-state index contributed by atoms with van der Waals surface area (Å²) in [7, 11) is 1.47. The van der Waals surface area contributed by atoms with Crippen LogP contribution in [0.5, 0.6) is 5.75 Å². The topological polar surface area (TPSA) is 61.5 Å². The molecule has 0 atom stereocenters. The summed E-state index contributed by atoms with van der Waals surface area (Å²) in [4.78, 5) is 11.9. The monoisotopic (exact) mass is 309 g/mol. The van der Waals surface area contributed by atoms with E-state index in [9.17, 15) is 9.18 Å². The number of ether oxygens (including phenoxy) is 2. The average molecular weight is 310 g/mol. The van der Waals surface area contributed by atoms with E-state index in [-0.39, 0.29) is 17.2 Å². The zero-order chi connectivity index (χ0) is 15.4. The van der Waals surface area contributed by atoms with E-state index >= 15 is 0 Å². The van der Waals surface area contributed by atoms with E-state index in [1.54, 1.807) is 12.1 Å². The third-order valence-electron chi connectivity index (χ3n) is 2.75. The first-order valence-electron chi connectivity index (χ1n) is 6.05. The molecule has 6 heteroatoms. The SMILES string of the molecule is COc1cc(N)cc(C(=O)OCc2ccc(Cl)c(F)c2)c1. The summed E-state index contributed by atoms with van der Waals surface area (Å²) in [5, 5.41) is 0.0191. The van der Waals surface area contributed by atoms with Crippen molar-refractivity contribution in [3.8, 4) is 5.75 Å². The minimum atomic E-state index is -0.573. The first kappa shape index (κ1) is 15.1. The highest BCUT2D eigenvalue weighted by Gasteiger charge is 2.11. The molecule has 2 aromatic rings. The smallest absolute Gasteiger partial charge is 0.338 e. The average Bonchev–Trinajstić information content (AvgIpc) is 2.47. The Morgan fingerprint density at radius 1 is 1.29 bits per heavy atom. The molecular formula is C15H13ClFNO3. The maximum Gasteiger partial charge on any atom is 0.338 e. The van der Waals surface area contributed by atoms with E-state index in [2.05, 4.69) is 0 Å². The highest BCUT2D eigenvalue weighted by molar-refractivity contribution is 6.30. The maximum absolute atomic E-state index is 13.3. The molecule has 0 aromatic heterocycles. The van der Waals surface area contributed by atoms with E-state index < -0.39 is 11.8 Å². The van der Waals surface area contributed by atoms with Gasteiger partial charge in [-0.3, -0.25) is 0 Å². The van der Waals surface area contributed by atoms with E-state index in [1.165, 1.54) is 31.4 Å². The van der Waals surface area contributed by atoms with Crippen LogP contribution in [0.2, 0.25) is 5.02 Å². The molecule has 4 nitrogen and oxygen atoms in total. The van der Waals surface area contributed by atoms with Crippen molar-refractivity contribution in [3.63, 3.8) is 0 Å². The summed E-state index contributed by atoms with van der Waals surface area (Å²) < 4.78 is 23.4. The van der Waals surface area contributed by atoms with Gasteiger partial charge in [0.25, 0.3) is 0 Å². The van der Waals surface area contributed by atoms with Crippen LogP contribution in [0.1, 0.15) is 15.9 Å². The summed E-state index contributed by atoms with van der Waals surface area (Å²) in [6.07, 6.45) is 0. The van der Waals surface area contributed by atoms with Crippen LogP contribution in [0, 0.1) is 5.82 Å². The summed E-state index contributed by atoms with van der Waals surface area (Å²) in [5.41, 5.74) is 6.82. The first-order valence-corrected chi connectivity index (χ1v) is 6.43. The minimum absolute atomic E-state index is 0.0191. The molecule has 0 bridgehead atoms. The van der Waals surface area contributed by atoms with Crippen molar-refractivity contribution in [2.75, 3.05) is 12.8 Å². The van der Waals surface area contributed by atoms with Gasteiger partial charge in [-0.05, 0) is 29.8 Å². The number of carbonyl (C=O) groups excluding carboxylic acids is 1. The number of halogens is 2. The second-order valence-corrected chi connectivity index (χ2v) is 4.73. The summed E-state index contributed by atoms with van der Waals surface area (Å²) >= 11 is 5.58. The van der Waals surface area contributed by atoms with Gasteiger partial charge in [-0.15, -0.1) is 0 Å². The molecule has 2 aromatic carbocycles. The predicted molar refractivity (Wildman–Crippen MR) is 77.9 cm³/mol. The van der Waals surface area contributed by atoms with Crippen molar-refractivity contribution in [2.24, 2.45) is 0 Å². The number of methoxy groups -OCH3 is 1. The van der Waals surface area contributed by atoms with Gasteiger partial charge >= 0.3 is 5.97 Å². The number of hydrogen-bond acceptors (Lipinski definition) is 4. The largest absolute Gasteiger partial charge is 0.497 e. The molecule has 0 radical (unpaired) electrons. The molecule has 0 fully saturated rings. The van der Waals surface area contributed by atoms with Gasteiger partial charge in [0, 0.05) is 11.8 Å². The quantitative estimate of drug-likeness (QED) is 0.694. The molecular weight excluding hydrogens is 297 g/mol. The lowest BCUT2D eigenvalue weighted by Crippen LogP contribution is -2.06. The molecule has 0 heterocycles. The van der Waals surface area contributed by atoms with Crippen LogP contribution in [0.3, 0.4) is 0 Å². The molecule has 0 unspecified atom stereocenters. The zero-order valence-corrected chi connectivity index (χ0v) is 12.0. The molecule has 21 heavy (non-hydrogen) atoms. The molecule has 0 saturated carbocycles. The Labute approximate surface area is 126 Å². The molecule has 110 valence electrons. The fraction of sp³-hybridized carbons (Fsp3) is 0.133. The molecule has 2 N–H and O–H groups in total. The van der Waals surface area contributed by atoms with Crippen LogP contribution in [0.15, 0.2) is 36.4 Å². The van der Waals surface area contributed by atoms with Crippen LogP contribution in [0.4, 0.5) is 10.1 Å². The van der Waals surface area contributed by atoms with Gasteiger partial charge in [0.1, 0.15) is 18.2 Å². The van der Waals surface area contributed by atoms with Crippen LogP contribution in [-0.4, -0.2) is 13.1 Å². The third-order valence-corrected chi connectivity index (χ3v) is 3.06. The van der Waals surface area contributed by atoms with Gasteiger partial charge in [0.2, 0.25) is 0 Å². The lowest BCUT2D eigenvalue weighted by atomic mass is 10.2. The lowest BCUT2D eigenvalue weighted by molar-refractivity contribution is 0.0472. The molecule has 0 aliphatic heterocycles. The van der Waals surface area contributed by atoms with Gasteiger partial charge in [0.05, 0.1) is 17.7 Å². The van der Waals surface area contributed by atoms with Crippen LogP contribution >= 0.6 is 11.6 Å². The number of carbonyl (C=O) groups is 1. The van der Waals surface area contributed by atoms with E-state index in [4.69, 9.17) is 26.8 Å². The van der Waals surface area contributed by atoms with Crippen molar-refractivity contribution >= 4 is 23.3 Å². The zero-order valence-electron chi connectivity index (χ0n) is 11.2. The van der Waals surface area contributed by atoms with Crippen molar-refractivity contribution in [3.05, 3.63) is 58.4 Å². The highest BCUT2D eigenvalue weighted by atomic mass is 35.5. The molecule has 0 aliphatic rings. The molecule has 0 amide bonds. The molecule has 2 rings (SSSR count). The van der Waals surface area contributed by atoms with Crippen LogP contribution in [-0.2, 0) is 11.3 Å². The minimum Gasteiger partial charge on any atom is -0.497 e. The van der Waals surface area contributed by atoms with Gasteiger partial charge in [-0.2, -0.15) is 0 Å². The number of anilines is 1. The molecule has 0 spiro atoms. The number of esters is 1. The second kappa shape index (κ2) is 6.45. The first-order chi connectivity index (χ1) is 9.99. The summed E-state index contributed by atoms with van der Waals surface area (Å²) in [6, 6.07) is 8.79. The summed E-state index contributed by atoms with van der Waals surface area (Å²) in [5.74, 6) is -0.675. The Kier molecular flexibility index (Phi) is 4.65. The Morgan fingerprint density at radius 3 is 2.71 bits per heavy atom. The van der Waals surface area contributed by atoms with E-state index in [1.807, 2.05) is 0 Å². The highest BCUT2D eigenvalue weighted by Crippen LogP contribution is 2.20. The van der Waals surface area contributed by atoms with Crippen molar-refractivity contribution in [1.29, 1.82) is 0 Å². The Bertz CT molecular complexity index is 676. The molecule has 0 aliphatic carbocycles. The normalized spacial score (nSPS) is 10.2. The Hall–Kier alpha value is -2.27. The van der Waals surface area contributed by atoms with Crippen molar-refractivity contribution in [2.45, 2.75) is 6.61 Å². The number of rotatable bonds is 4. The van der Waals surface area contributed by atoms with Gasteiger partial charge < -0.3 is 15.2 Å². The third kappa shape index (κ3) is 3.86. The Balaban J connectivity index is 2.07. The predicted octanol–water partition coefficient (Wildman–Crippen LogP) is 3.43. The van der Waals surface area contributed by atoms with Crippen LogP contribution < -0.4 is 10.5 Å². The van der Waals surface area contributed by atoms with E-state index in [0.29, 0.717) is 17.0 Å². The number of hydrogen-bond donors (Lipinski definition) is 1. The molecule has 0 saturated heterocycles. The fourth-order valence-corrected chi connectivity index (χ4v) is 1.84. The standard InChI is InChI=1S/C15H13ClFNO3/c1-20-12-6-10(5-11(18)7-12)15(19)21-8-9-2-3-13(16)14(17)4-9/h2-7H,8,18H2,1H3. The van der Waals surface area contributed by atoms with Gasteiger partial charge in [-0.1, -0.05) is 17.7 Å². The maximum atomic E-state index is 13.3. The van der Waals surface area contributed by atoms with Crippen molar-refractivity contribution in [1.82, 2.24) is 0 Å². The van der Waals surface area contributed by atoms with Gasteiger partial charge in [0.15, 0.2) is 0 Å². The number of nitrogens with two attached hydrogens (primary N) is 1. The lowest BCUT2D eigenvalue weighted by Gasteiger charge is -2.08. The fourth-order valence-electron chi connectivity index (χ4n) is 1.72. The summed E-state index contributed by atoms with van der Waals surface area (Å²) in [6.45, 7) is -0.0654. The van der Waals surface area contributed by atoms with E-state index in [0.717, 1.165) is 0 Å². The number of benzene rings is 2. The van der Waals surface area contributed by atoms with Gasteiger partial charge in [-0.25, -0.2) is 9.18 Å². The number of nitrogen functional groups attached to an aromatic ring is 1. The van der Waals surface area contributed by atoms with Crippen LogP contribution in [0.25, 0.3) is 0 Å².